The number of hydrogen-bond acceptors (Lipinski definition) is 3. The van der Waals surface area contributed by atoms with Crippen molar-refractivity contribution >= 4 is 11.0 Å². The monoisotopic (exact) mass is 306 g/mol. The summed E-state index contributed by atoms with van der Waals surface area (Å²) in [6.07, 6.45) is 0. The van der Waals surface area contributed by atoms with E-state index in [1.165, 1.54) is 5.56 Å². The van der Waals surface area contributed by atoms with E-state index in [1.54, 1.807) is 0 Å². The van der Waals surface area contributed by atoms with Crippen LogP contribution in [-0.2, 0) is 6.54 Å². The zero-order chi connectivity index (χ0) is 15.6. The topological polar surface area (TPSA) is 44.0 Å². The molecule has 0 radical (unpaired) electrons. The van der Waals surface area contributed by atoms with Crippen molar-refractivity contribution in [1.29, 1.82) is 0 Å². The molecule has 0 spiro atoms. The number of fused-ring (bicyclic) bond motifs is 1. The van der Waals surface area contributed by atoms with Gasteiger partial charge in [-0.3, -0.25) is 4.90 Å². The van der Waals surface area contributed by atoms with E-state index in [0.717, 1.165) is 36.5 Å². The Balaban J connectivity index is 1.63. The molecule has 118 valence electrons. The van der Waals surface area contributed by atoms with Crippen molar-refractivity contribution in [1.82, 2.24) is 20.2 Å². The molecule has 2 aromatic carbocycles. The number of aromatic nitrogens is 2. The molecule has 3 aromatic rings. The first-order valence-corrected chi connectivity index (χ1v) is 8.25. The first-order valence-electron chi connectivity index (χ1n) is 8.25. The maximum atomic E-state index is 4.82. The largest absolute Gasteiger partial charge is 0.341 e. The highest BCUT2D eigenvalue weighted by Gasteiger charge is 2.29. The summed E-state index contributed by atoms with van der Waals surface area (Å²) in [5, 5.41) is 3.59. The highest BCUT2D eigenvalue weighted by molar-refractivity contribution is 5.74. The second kappa shape index (κ2) is 6.14. The molecule has 2 unspecified atom stereocenters. The number of imidazole rings is 1. The Morgan fingerprint density at radius 3 is 2.70 bits per heavy atom. The third-order valence-corrected chi connectivity index (χ3v) is 4.56. The Morgan fingerprint density at radius 2 is 1.87 bits per heavy atom. The fourth-order valence-corrected chi connectivity index (χ4v) is 3.38. The molecule has 0 aliphatic carbocycles. The number of hydrogen-bond donors (Lipinski definition) is 2. The minimum Gasteiger partial charge on any atom is -0.341 e. The fraction of sp³-hybridized carbons (Fsp3) is 0.316. The van der Waals surface area contributed by atoms with E-state index in [4.69, 9.17) is 4.98 Å². The maximum Gasteiger partial charge on any atom is 0.126 e. The third kappa shape index (κ3) is 3.00. The van der Waals surface area contributed by atoms with Crippen LogP contribution >= 0.6 is 0 Å². The molecule has 1 aliphatic heterocycles. The lowest BCUT2D eigenvalue weighted by Crippen LogP contribution is -2.50. The van der Waals surface area contributed by atoms with E-state index in [0.29, 0.717) is 6.04 Å². The lowest BCUT2D eigenvalue weighted by Gasteiger charge is -2.38. The number of H-pyrrole nitrogens is 1. The number of para-hydroxylation sites is 2. The zero-order valence-corrected chi connectivity index (χ0v) is 13.4. The summed E-state index contributed by atoms with van der Waals surface area (Å²) >= 11 is 0. The smallest absolute Gasteiger partial charge is 0.126 e. The van der Waals surface area contributed by atoms with Gasteiger partial charge in [0.1, 0.15) is 5.82 Å². The SMILES string of the molecule is CC1CN(Cc2ccccc2)C(c2nc3ccccc3[nH]2)CN1. The normalized spacial score (nSPS) is 22.5. The average molecular weight is 306 g/mol. The standard InChI is InChI=1S/C19H22N4/c1-14-12-23(13-15-7-3-2-4-8-15)18(11-20-14)19-21-16-9-5-6-10-17(16)22-19/h2-10,14,18,20H,11-13H2,1H3,(H,21,22). The van der Waals surface area contributed by atoms with Crippen LogP contribution in [0.15, 0.2) is 54.6 Å². The molecule has 1 saturated heterocycles. The molecule has 1 aromatic heterocycles. The molecule has 4 heteroatoms. The van der Waals surface area contributed by atoms with Crippen LogP contribution in [0.3, 0.4) is 0 Å². The van der Waals surface area contributed by atoms with Gasteiger partial charge in [-0.1, -0.05) is 42.5 Å². The van der Waals surface area contributed by atoms with Gasteiger partial charge < -0.3 is 10.3 Å². The third-order valence-electron chi connectivity index (χ3n) is 4.56. The van der Waals surface area contributed by atoms with Gasteiger partial charge >= 0.3 is 0 Å². The van der Waals surface area contributed by atoms with Gasteiger partial charge in [0.15, 0.2) is 0 Å². The number of piperazine rings is 1. The van der Waals surface area contributed by atoms with Crippen molar-refractivity contribution in [3.05, 3.63) is 66.0 Å². The molecule has 1 aliphatic rings. The Morgan fingerprint density at radius 1 is 1.09 bits per heavy atom. The van der Waals surface area contributed by atoms with Crippen molar-refractivity contribution in [2.24, 2.45) is 0 Å². The Bertz CT molecular complexity index is 747. The lowest BCUT2D eigenvalue weighted by atomic mass is 10.1. The molecule has 2 atom stereocenters. The highest BCUT2D eigenvalue weighted by atomic mass is 15.3. The number of nitrogens with zero attached hydrogens (tertiary/aromatic N) is 2. The van der Waals surface area contributed by atoms with Crippen LogP contribution in [0, 0.1) is 0 Å². The van der Waals surface area contributed by atoms with Gasteiger partial charge in [0, 0.05) is 25.7 Å². The molecule has 2 N–H and O–H groups in total. The fourth-order valence-electron chi connectivity index (χ4n) is 3.38. The van der Waals surface area contributed by atoms with Crippen LogP contribution in [0.4, 0.5) is 0 Å². The molecule has 4 rings (SSSR count). The molecule has 1 fully saturated rings. The molecule has 0 bridgehead atoms. The van der Waals surface area contributed by atoms with Crippen molar-refractivity contribution < 1.29 is 0 Å². The van der Waals surface area contributed by atoms with Crippen LogP contribution in [0.1, 0.15) is 24.4 Å². The van der Waals surface area contributed by atoms with Gasteiger partial charge in [-0.2, -0.15) is 0 Å². The van der Waals surface area contributed by atoms with Crippen molar-refractivity contribution in [2.75, 3.05) is 13.1 Å². The van der Waals surface area contributed by atoms with Crippen LogP contribution in [-0.4, -0.2) is 34.0 Å². The second-order valence-corrected chi connectivity index (χ2v) is 6.38. The van der Waals surface area contributed by atoms with E-state index >= 15 is 0 Å². The highest BCUT2D eigenvalue weighted by Crippen LogP contribution is 2.25. The van der Waals surface area contributed by atoms with Gasteiger partial charge in [-0.15, -0.1) is 0 Å². The lowest BCUT2D eigenvalue weighted by molar-refractivity contribution is 0.122. The summed E-state index contributed by atoms with van der Waals surface area (Å²) in [6.45, 7) is 5.14. The number of nitrogens with one attached hydrogen (secondary N) is 2. The minimum absolute atomic E-state index is 0.277. The van der Waals surface area contributed by atoms with Gasteiger partial charge in [0.05, 0.1) is 17.1 Å². The van der Waals surface area contributed by atoms with Crippen LogP contribution in [0.5, 0.6) is 0 Å². The van der Waals surface area contributed by atoms with E-state index in [1.807, 2.05) is 12.1 Å². The van der Waals surface area contributed by atoms with Crippen LogP contribution in [0.25, 0.3) is 11.0 Å². The minimum atomic E-state index is 0.277. The van der Waals surface area contributed by atoms with E-state index < -0.39 is 0 Å². The number of benzene rings is 2. The molecular formula is C19H22N4. The van der Waals surface area contributed by atoms with Crippen molar-refractivity contribution in [3.8, 4) is 0 Å². The second-order valence-electron chi connectivity index (χ2n) is 6.38. The molecule has 0 saturated carbocycles. The molecule has 2 heterocycles. The summed E-state index contributed by atoms with van der Waals surface area (Å²) in [6, 6.07) is 19.7. The molecule has 23 heavy (non-hydrogen) atoms. The Labute approximate surface area is 136 Å². The summed E-state index contributed by atoms with van der Waals surface area (Å²) < 4.78 is 0. The van der Waals surface area contributed by atoms with Gasteiger partial charge in [-0.05, 0) is 24.6 Å². The summed E-state index contributed by atoms with van der Waals surface area (Å²) in [7, 11) is 0. The predicted octanol–water partition coefficient (Wildman–Crippen LogP) is 3.10. The summed E-state index contributed by atoms with van der Waals surface area (Å²) in [5.41, 5.74) is 3.50. The van der Waals surface area contributed by atoms with Crippen LogP contribution < -0.4 is 5.32 Å². The average Bonchev–Trinajstić information content (AvgIpc) is 2.99. The maximum absolute atomic E-state index is 4.82. The van der Waals surface area contributed by atoms with Gasteiger partial charge in [0.25, 0.3) is 0 Å². The number of aromatic amines is 1. The van der Waals surface area contributed by atoms with E-state index in [-0.39, 0.29) is 6.04 Å². The Hall–Kier alpha value is -2.17. The van der Waals surface area contributed by atoms with Crippen molar-refractivity contribution in [2.45, 2.75) is 25.6 Å². The molecule has 4 nitrogen and oxygen atoms in total. The molecule has 0 amide bonds. The zero-order valence-electron chi connectivity index (χ0n) is 13.4. The summed E-state index contributed by atoms with van der Waals surface area (Å²) in [4.78, 5) is 10.8. The summed E-state index contributed by atoms with van der Waals surface area (Å²) in [5.74, 6) is 1.06. The Kier molecular flexibility index (Phi) is 3.85. The first-order chi connectivity index (χ1) is 11.3. The quantitative estimate of drug-likeness (QED) is 0.781. The van der Waals surface area contributed by atoms with Crippen LogP contribution in [0.2, 0.25) is 0 Å². The first kappa shape index (κ1) is 14.4. The van der Waals surface area contributed by atoms with Gasteiger partial charge in [-0.25, -0.2) is 4.98 Å². The number of rotatable bonds is 3. The van der Waals surface area contributed by atoms with Gasteiger partial charge in [0.2, 0.25) is 0 Å². The van der Waals surface area contributed by atoms with E-state index in [9.17, 15) is 0 Å². The predicted molar refractivity (Wildman–Crippen MR) is 93.2 cm³/mol. The van der Waals surface area contributed by atoms with Crippen molar-refractivity contribution in [3.63, 3.8) is 0 Å². The molecular weight excluding hydrogens is 284 g/mol. The van der Waals surface area contributed by atoms with E-state index in [2.05, 4.69) is 64.6 Å².